The second-order valence-corrected chi connectivity index (χ2v) is 6.95. The highest BCUT2D eigenvalue weighted by molar-refractivity contribution is 8.03. The lowest BCUT2D eigenvalue weighted by molar-refractivity contribution is 0.0210. The summed E-state index contributed by atoms with van der Waals surface area (Å²) in [6, 6.07) is 10.4. The maximum Gasteiger partial charge on any atom is 0.0576 e. The van der Waals surface area contributed by atoms with E-state index >= 15 is 0 Å². The molecule has 0 aliphatic heterocycles. The number of benzene rings is 1. The molecule has 0 radical (unpaired) electrons. The maximum absolute atomic E-state index is 6.00. The molecule has 0 heterocycles. The maximum atomic E-state index is 6.00. The van der Waals surface area contributed by atoms with E-state index in [1.54, 1.807) is 11.8 Å². The number of thioether (sulfide) groups is 1. The molecular formula is C20H33F5OS. The smallest absolute Gasteiger partial charge is 0.0576 e. The molecule has 1 fully saturated rings. The van der Waals surface area contributed by atoms with Gasteiger partial charge >= 0.3 is 0 Å². The normalized spacial score (nSPS) is 17.2. The summed E-state index contributed by atoms with van der Waals surface area (Å²) in [4.78, 5) is 1.24. The Morgan fingerprint density at radius 2 is 1.52 bits per heavy atom. The molecule has 0 aromatic heterocycles. The van der Waals surface area contributed by atoms with Crippen molar-refractivity contribution in [2.45, 2.75) is 69.3 Å². The van der Waals surface area contributed by atoms with E-state index in [0.29, 0.717) is 12.0 Å². The molecule has 160 valence electrons. The summed E-state index contributed by atoms with van der Waals surface area (Å²) in [5, 5.41) is 3.28. The fraction of sp³-hybridized carbons (Fsp3) is 0.600. The topological polar surface area (TPSA) is 9.23 Å². The van der Waals surface area contributed by atoms with Crippen LogP contribution in [-0.2, 0) is 4.74 Å². The molecule has 0 spiro atoms. The summed E-state index contributed by atoms with van der Waals surface area (Å²) in [6.45, 7) is 3.20. The number of hydrogen-bond donors (Lipinski definition) is 0. The average molecular weight is 417 g/mol. The minimum absolute atomic E-state index is 0. The number of halogens is 5. The summed E-state index contributed by atoms with van der Waals surface area (Å²) in [7, 11) is 0. The van der Waals surface area contributed by atoms with Crippen LogP contribution < -0.4 is 0 Å². The molecule has 0 bridgehead atoms. The summed E-state index contributed by atoms with van der Waals surface area (Å²) in [5.41, 5.74) is 0. The van der Waals surface area contributed by atoms with E-state index in [-0.39, 0.29) is 23.5 Å². The first-order chi connectivity index (χ1) is 10.9. The van der Waals surface area contributed by atoms with E-state index in [1.165, 1.54) is 56.3 Å². The Morgan fingerprint density at radius 3 is 2.11 bits per heavy atom. The molecule has 0 N–H and O–H groups in total. The highest BCUT2D eigenvalue weighted by atomic mass is 32.2. The number of ether oxygens (including phenoxy) is 1. The fourth-order valence-corrected chi connectivity index (χ4v) is 3.45. The minimum atomic E-state index is 0. The van der Waals surface area contributed by atoms with Gasteiger partial charge in [0.2, 0.25) is 0 Å². The molecule has 0 unspecified atom stereocenters. The Labute approximate surface area is 163 Å². The van der Waals surface area contributed by atoms with E-state index in [2.05, 4.69) is 42.4 Å². The molecule has 1 aliphatic carbocycles. The van der Waals surface area contributed by atoms with Gasteiger partial charge in [0, 0.05) is 17.4 Å². The van der Waals surface area contributed by atoms with Crippen LogP contribution in [0, 0.1) is 17.1 Å². The molecule has 27 heavy (non-hydrogen) atoms. The molecule has 1 nitrogen and oxygen atoms in total. The highest BCUT2D eigenvalue weighted by Gasteiger charge is 2.19. The Hall–Kier alpha value is -1.26. The van der Waals surface area contributed by atoms with E-state index in [0.717, 1.165) is 6.61 Å². The molecule has 0 saturated heterocycles. The monoisotopic (exact) mass is 416 g/mol. The Bertz CT molecular complexity index is 470. The van der Waals surface area contributed by atoms with Crippen molar-refractivity contribution in [2.75, 3.05) is 6.61 Å². The second kappa shape index (κ2) is 21.0. The van der Waals surface area contributed by atoms with Crippen molar-refractivity contribution in [2.24, 2.45) is 5.92 Å². The molecule has 1 aromatic rings. The SMILES string of the molecule is CCCCCCOC1CCC(C#CSc2ccccc2)CC1.F.F.F.F.F. The summed E-state index contributed by atoms with van der Waals surface area (Å²) in [6.07, 6.45) is 10.4. The molecule has 1 saturated carbocycles. The van der Waals surface area contributed by atoms with Crippen LogP contribution >= 0.6 is 11.8 Å². The van der Waals surface area contributed by atoms with E-state index in [4.69, 9.17) is 4.74 Å². The van der Waals surface area contributed by atoms with Gasteiger partial charge in [-0.25, -0.2) is 0 Å². The first kappa shape index (κ1) is 33.3. The third-order valence-electron chi connectivity index (χ3n) is 4.20. The molecule has 1 aromatic carbocycles. The van der Waals surface area contributed by atoms with Crippen LogP contribution in [-0.4, -0.2) is 12.7 Å². The molecule has 0 amide bonds. The zero-order chi connectivity index (χ0) is 15.5. The third-order valence-corrected chi connectivity index (χ3v) is 4.93. The number of unbranched alkanes of at least 4 members (excludes halogenated alkanes) is 3. The number of hydrogen-bond acceptors (Lipinski definition) is 2. The first-order valence-electron chi connectivity index (χ1n) is 8.72. The van der Waals surface area contributed by atoms with Crippen LogP contribution in [0.1, 0.15) is 58.3 Å². The van der Waals surface area contributed by atoms with Crippen LogP contribution in [0.2, 0.25) is 0 Å². The quantitative estimate of drug-likeness (QED) is 0.213. The van der Waals surface area contributed by atoms with E-state index < -0.39 is 0 Å². The van der Waals surface area contributed by atoms with Gasteiger partial charge in [-0.1, -0.05) is 50.3 Å². The molecule has 1 aliphatic rings. The molecule has 7 heteroatoms. The molecule has 2 rings (SSSR count). The lowest BCUT2D eigenvalue weighted by Gasteiger charge is -2.25. The van der Waals surface area contributed by atoms with Gasteiger partial charge < -0.3 is 4.74 Å². The van der Waals surface area contributed by atoms with Gasteiger partial charge in [-0.2, -0.15) is 0 Å². The van der Waals surface area contributed by atoms with Gasteiger partial charge in [0.1, 0.15) is 0 Å². The van der Waals surface area contributed by atoms with Gasteiger partial charge in [-0.3, -0.25) is 23.5 Å². The van der Waals surface area contributed by atoms with Crippen LogP contribution in [0.3, 0.4) is 0 Å². The highest BCUT2D eigenvalue weighted by Crippen LogP contribution is 2.26. The summed E-state index contributed by atoms with van der Waals surface area (Å²) in [5.74, 6) is 4.00. The van der Waals surface area contributed by atoms with Crippen molar-refractivity contribution in [3.8, 4) is 11.2 Å². The van der Waals surface area contributed by atoms with E-state index in [1.807, 2.05) is 6.07 Å². The van der Waals surface area contributed by atoms with Gasteiger partial charge in [-0.05, 0) is 61.3 Å². The lowest BCUT2D eigenvalue weighted by atomic mass is 9.88. The van der Waals surface area contributed by atoms with Gasteiger partial charge in [-0.15, -0.1) is 0 Å². The average Bonchev–Trinajstić information content (AvgIpc) is 2.57. The van der Waals surface area contributed by atoms with Crippen molar-refractivity contribution < 1.29 is 28.3 Å². The minimum Gasteiger partial charge on any atom is -0.378 e. The van der Waals surface area contributed by atoms with Crippen molar-refractivity contribution in [1.29, 1.82) is 0 Å². The van der Waals surface area contributed by atoms with Crippen molar-refractivity contribution in [3.63, 3.8) is 0 Å². The predicted octanol–water partition coefficient (Wildman–Crippen LogP) is 6.66. The second-order valence-electron chi connectivity index (χ2n) is 6.07. The van der Waals surface area contributed by atoms with Crippen molar-refractivity contribution >= 4 is 11.8 Å². The van der Waals surface area contributed by atoms with Crippen LogP contribution in [0.25, 0.3) is 0 Å². The number of rotatable bonds is 7. The largest absolute Gasteiger partial charge is 0.378 e. The summed E-state index contributed by atoms with van der Waals surface area (Å²) >= 11 is 1.64. The van der Waals surface area contributed by atoms with Crippen LogP contribution in [0.4, 0.5) is 23.5 Å². The zero-order valence-corrected chi connectivity index (χ0v) is 16.6. The van der Waals surface area contributed by atoms with Gasteiger partial charge in [0.05, 0.1) is 6.10 Å². The van der Waals surface area contributed by atoms with Crippen molar-refractivity contribution in [1.82, 2.24) is 0 Å². The predicted molar refractivity (Wildman–Crippen MR) is 108 cm³/mol. The lowest BCUT2D eigenvalue weighted by Crippen LogP contribution is -2.21. The molecular weight excluding hydrogens is 383 g/mol. The van der Waals surface area contributed by atoms with Crippen molar-refractivity contribution in [3.05, 3.63) is 30.3 Å². The molecule has 0 atom stereocenters. The van der Waals surface area contributed by atoms with Gasteiger partial charge in [0.15, 0.2) is 0 Å². The summed E-state index contributed by atoms with van der Waals surface area (Å²) < 4.78 is 6.00. The van der Waals surface area contributed by atoms with Crippen LogP contribution in [0.15, 0.2) is 35.2 Å². The Kier molecular flexibility index (Phi) is 26.0. The van der Waals surface area contributed by atoms with E-state index in [9.17, 15) is 0 Å². The zero-order valence-electron chi connectivity index (χ0n) is 15.8. The Morgan fingerprint density at radius 1 is 0.889 bits per heavy atom. The fourth-order valence-electron chi connectivity index (χ4n) is 2.81. The third kappa shape index (κ3) is 14.5. The van der Waals surface area contributed by atoms with Crippen LogP contribution in [0.5, 0.6) is 0 Å². The standard InChI is InChI=1S/C20H28OS.5FH/c1-2-3-4-8-16-21-19-13-11-18(12-14-19)15-17-22-20-9-6-5-7-10-20;;;;;/h5-7,9-10,18-19H,2-4,8,11-14,16H2,1H3;5*1H. The Balaban J connectivity index is -0.000000529. The van der Waals surface area contributed by atoms with Gasteiger partial charge in [0.25, 0.3) is 0 Å². The first-order valence-corrected chi connectivity index (χ1v) is 9.54.